The van der Waals surface area contributed by atoms with Crippen LogP contribution in [0.2, 0.25) is 5.02 Å². The molecule has 0 bridgehead atoms. The summed E-state index contributed by atoms with van der Waals surface area (Å²) in [5.41, 5.74) is 9.47. The number of hydrogen-bond donors (Lipinski definition) is 1. The van der Waals surface area contributed by atoms with Crippen LogP contribution < -0.4 is 15.4 Å². The van der Waals surface area contributed by atoms with Gasteiger partial charge in [-0.3, -0.25) is 13.9 Å². The molecule has 1 unspecified atom stereocenters. The number of rotatable bonds is 13. The van der Waals surface area contributed by atoms with Crippen LogP contribution in [0.1, 0.15) is 80.3 Å². The van der Waals surface area contributed by atoms with Gasteiger partial charge in [-0.2, -0.15) is 0 Å². The second-order valence-corrected chi connectivity index (χ2v) is 16.9. The van der Waals surface area contributed by atoms with E-state index < -0.39 is 17.0 Å². The number of fused-ring (bicyclic) bond motifs is 2. The minimum absolute atomic E-state index is 0.0788. The van der Waals surface area contributed by atoms with E-state index in [1.54, 1.807) is 20.1 Å². The first kappa shape index (κ1) is 38.5. The number of halogens is 1. The van der Waals surface area contributed by atoms with E-state index in [9.17, 15) is 13.6 Å². The van der Waals surface area contributed by atoms with Crippen LogP contribution in [-0.4, -0.2) is 89.8 Å². The minimum atomic E-state index is -2.08. The third-order valence-electron chi connectivity index (χ3n) is 12.0. The average molecular weight is 745 g/mol. The second-order valence-electron chi connectivity index (χ2n) is 15.2. The monoisotopic (exact) mass is 744 g/mol. The van der Waals surface area contributed by atoms with Crippen LogP contribution in [0.5, 0.6) is 5.75 Å². The number of amides is 1. The van der Waals surface area contributed by atoms with E-state index >= 15 is 0 Å². The second kappa shape index (κ2) is 17.7. The summed E-state index contributed by atoms with van der Waals surface area (Å²) in [5.74, 6) is 1.34. The van der Waals surface area contributed by atoms with Gasteiger partial charge in [0, 0.05) is 55.0 Å². The Bertz CT molecular complexity index is 1500. The van der Waals surface area contributed by atoms with Crippen LogP contribution in [0.4, 0.5) is 5.69 Å². The number of likely N-dealkylation sites (tertiary alicyclic amines) is 1. The first-order chi connectivity index (χ1) is 24.6. The standard InChI is InChI=1S/C39H56ClN3O7S/c1-25(26(2)51(45)46)7-6-9-35(39-49-23-32(24-50-39)43-20-33(21-43)47-3)34-14-11-29(34)19-42-16-5-4-8-27-17-31(40)13-10-30(27)22-48-37-15-12-28(38(41)44)18-36(37)42/h10,12-13,15,17-18,25-26,29,32-35,39H,4-9,11,14,16,19-24H2,1-3H3,(H2,41,44)(H,45,46)/p-1/t25-,26+,29-,32?,34+,35+,39?/m0/s1. The van der Waals surface area contributed by atoms with Crippen molar-refractivity contribution in [3.63, 3.8) is 0 Å². The summed E-state index contributed by atoms with van der Waals surface area (Å²) < 4.78 is 48.4. The zero-order valence-corrected chi connectivity index (χ0v) is 31.9. The quantitative estimate of drug-likeness (QED) is 0.248. The zero-order chi connectivity index (χ0) is 36.1. The molecule has 2 saturated heterocycles. The predicted octanol–water partition coefficient (Wildman–Crippen LogP) is 5.95. The lowest BCUT2D eigenvalue weighted by molar-refractivity contribution is -0.251. The Morgan fingerprint density at radius 2 is 1.86 bits per heavy atom. The Balaban J connectivity index is 1.19. The van der Waals surface area contributed by atoms with Crippen molar-refractivity contribution in [1.82, 2.24) is 4.90 Å². The van der Waals surface area contributed by atoms with Gasteiger partial charge in [-0.05, 0) is 104 Å². The molecule has 10 nitrogen and oxygen atoms in total. The number of anilines is 1. The lowest BCUT2D eigenvalue weighted by Gasteiger charge is -2.50. The lowest BCUT2D eigenvalue weighted by atomic mass is 9.65. The number of nitrogens with zero attached hydrogens (tertiary/aromatic N) is 2. The topological polar surface area (TPSA) is 127 Å². The Kier molecular flexibility index (Phi) is 13.4. The van der Waals surface area contributed by atoms with Crippen molar-refractivity contribution < 1.29 is 32.5 Å². The van der Waals surface area contributed by atoms with Crippen LogP contribution in [-0.2, 0) is 38.3 Å². The van der Waals surface area contributed by atoms with E-state index in [0.717, 1.165) is 99.6 Å². The first-order valence-corrected chi connectivity index (χ1v) is 20.3. The van der Waals surface area contributed by atoms with Crippen LogP contribution in [0.25, 0.3) is 0 Å². The summed E-state index contributed by atoms with van der Waals surface area (Å²) in [6, 6.07) is 11.7. The minimum Gasteiger partial charge on any atom is -0.772 e. The van der Waals surface area contributed by atoms with E-state index in [-0.39, 0.29) is 35.5 Å². The number of aryl methyl sites for hydroxylation is 1. The smallest absolute Gasteiger partial charge is 0.248 e. The fourth-order valence-corrected chi connectivity index (χ4v) is 9.00. The molecule has 1 aliphatic carbocycles. The highest BCUT2D eigenvalue weighted by Gasteiger charge is 2.44. The molecular formula is C39H55ClN3O7S-. The van der Waals surface area contributed by atoms with Crippen molar-refractivity contribution in [2.75, 3.05) is 51.4 Å². The van der Waals surface area contributed by atoms with E-state index in [2.05, 4.69) is 9.80 Å². The maximum absolute atomic E-state index is 12.4. The third-order valence-corrected chi connectivity index (χ3v) is 13.3. The SMILES string of the molecule is COC1CN(C2COC([C@H](CCC[C@H](C)[C@@H](C)S(=O)[O-])[C@@H]3CC[C@H]3CN3CCCCc4cc(Cl)ccc4COc4ccc(C(N)=O)cc43)OC2)C1. The van der Waals surface area contributed by atoms with Gasteiger partial charge in [0.15, 0.2) is 6.29 Å². The molecule has 2 N–H and O–H groups in total. The number of ether oxygens (including phenoxy) is 4. The number of methoxy groups -OCH3 is 1. The van der Waals surface area contributed by atoms with Gasteiger partial charge in [0.2, 0.25) is 5.91 Å². The highest BCUT2D eigenvalue weighted by Crippen LogP contribution is 2.46. The van der Waals surface area contributed by atoms with Gasteiger partial charge in [-0.15, -0.1) is 0 Å². The first-order valence-electron chi connectivity index (χ1n) is 18.8. The Morgan fingerprint density at radius 3 is 2.55 bits per heavy atom. The molecule has 0 aromatic heterocycles. The lowest BCUT2D eigenvalue weighted by Crippen LogP contribution is -2.61. The fraction of sp³-hybridized carbons (Fsp3) is 0.667. The number of carbonyl (C=O) groups excluding carboxylic acids is 1. The van der Waals surface area contributed by atoms with Gasteiger partial charge in [0.1, 0.15) is 12.4 Å². The maximum atomic E-state index is 12.4. The van der Waals surface area contributed by atoms with Crippen molar-refractivity contribution in [1.29, 1.82) is 0 Å². The van der Waals surface area contributed by atoms with Gasteiger partial charge in [0.05, 0.1) is 31.0 Å². The molecule has 3 fully saturated rings. The molecule has 2 aromatic carbocycles. The molecule has 0 radical (unpaired) electrons. The molecule has 6 atom stereocenters. The van der Waals surface area contributed by atoms with Gasteiger partial charge < -0.3 is 34.1 Å². The van der Waals surface area contributed by atoms with Crippen LogP contribution in [0.15, 0.2) is 36.4 Å². The maximum Gasteiger partial charge on any atom is 0.248 e. The van der Waals surface area contributed by atoms with Crippen molar-refractivity contribution in [3.8, 4) is 5.75 Å². The molecule has 4 aliphatic rings. The van der Waals surface area contributed by atoms with E-state index in [1.165, 1.54) is 5.56 Å². The van der Waals surface area contributed by atoms with Crippen LogP contribution >= 0.6 is 11.6 Å². The van der Waals surface area contributed by atoms with Crippen LogP contribution in [0.3, 0.4) is 0 Å². The Labute approximate surface area is 310 Å². The number of primary amides is 1. The number of carbonyl (C=O) groups is 1. The van der Waals surface area contributed by atoms with E-state index in [0.29, 0.717) is 37.2 Å². The molecule has 0 spiro atoms. The largest absolute Gasteiger partial charge is 0.772 e. The highest BCUT2D eigenvalue weighted by atomic mass is 35.5. The summed E-state index contributed by atoms with van der Waals surface area (Å²) in [4.78, 5) is 17.1. The molecule has 1 saturated carbocycles. The molecule has 12 heteroatoms. The highest BCUT2D eigenvalue weighted by molar-refractivity contribution is 7.79. The molecule has 3 heterocycles. The van der Waals surface area contributed by atoms with Gasteiger partial charge in [-0.25, -0.2) is 0 Å². The van der Waals surface area contributed by atoms with Gasteiger partial charge in [-0.1, -0.05) is 49.0 Å². The Morgan fingerprint density at radius 1 is 1.08 bits per heavy atom. The van der Waals surface area contributed by atoms with Gasteiger partial charge in [0.25, 0.3) is 0 Å². The van der Waals surface area contributed by atoms with Crippen molar-refractivity contribution in [3.05, 3.63) is 58.1 Å². The zero-order valence-electron chi connectivity index (χ0n) is 30.3. The fourth-order valence-electron chi connectivity index (χ4n) is 8.29. The molecule has 282 valence electrons. The van der Waals surface area contributed by atoms with Crippen molar-refractivity contribution in [2.45, 2.75) is 95.5 Å². The summed E-state index contributed by atoms with van der Waals surface area (Å²) in [6.07, 6.45) is 7.74. The summed E-state index contributed by atoms with van der Waals surface area (Å²) in [5, 5.41) is 0.352. The predicted molar refractivity (Wildman–Crippen MR) is 199 cm³/mol. The summed E-state index contributed by atoms with van der Waals surface area (Å²) >= 11 is 4.29. The number of nitrogens with two attached hydrogens (primary N) is 1. The third kappa shape index (κ3) is 9.47. The Hall–Kier alpha value is -2.25. The summed E-state index contributed by atoms with van der Waals surface area (Å²) in [6.45, 7) is 8.96. The molecular weight excluding hydrogens is 690 g/mol. The summed E-state index contributed by atoms with van der Waals surface area (Å²) in [7, 11) is 1.76. The van der Waals surface area contributed by atoms with Gasteiger partial charge >= 0.3 is 0 Å². The molecule has 3 aliphatic heterocycles. The van der Waals surface area contributed by atoms with Crippen molar-refractivity contribution in [2.24, 2.45) is 29.4 Å². The van der Waals surface area contributed by atoms with E-state index in [1.807, 2.05) is 37.3 Å². The molecule has 6 rings (SSSR count). The normalized spacial score (nSPS) is 27.0. The number of hydrogen-bond acceptors (Lipinski definition) is 9. The molecule has 51 heavy (non-hydrogen) atoms. The molecule has 1 amide bonds. The van der Waals surface area contributed by atoms with Crippen LogP contribution in [0, 0.1) is 23.7 Å². The van der Waals surface area contributed by atoms with E-state index in [4.69, 9.17) is 36.3 Å². The average Bonchev–Trinajstić information content (AvgIpc) is 3.12. The molecule has 2 aromatic rings. The van der Waals surface area contributed by atoms with Crippen molar-refractivity contribution >= 4 is 34.3 Å². The number of benzene rings is 2.